The van der Waals surface area contributed by atoms with Gasteiger partial charge in [0.15, 0.2) is 0 Å². The number of benzene rings is 9. The van der Waals surface area contributed by atoms with Crippen LogP contribution < -0.4 is 4.90 Å². The Hall–Kier alpha value is -7.16. The van der Waals surface area contributed by atoms with Crippen molar-refractivity contribution in [3.05, 3.63) is 212 Å². The van der Waals surface area contributed by atoms with Gasteiger partial charge in [-0.15, -0.1) is 0 Å². The predicted molar refractivity (Wildman–Crippen MR) is 228 cm³/mol. The maximum atomic E-state index is 6.35. The zero-order valence-electron chi connectivity index (χ0n) is 29.6. The summed E-state index contributed by atoms with van der Waals surface area (Å²) in [6.07, 6.45) is 0. The Bertz CT molecular complexity index is 2900. The van der Waals surface area contributed by atoms with E-state index >= 15 is 0 Å². The number of anilines is 3. The molecule has 0 radical (unpaired) electrons. The second-order valence-corrected chi connectivity index (χ2v) is 13.7. The van der Waals surface area contributed by atoms with E-state index in [0.717, 1.165) is 44.6 Å². The van der Waals surface area contributed by atoms with Crippen LogP contribution in [0, 0.1) is 0 Å². The molecule has 0 saturated heterocycles. The number of fused-ring (bicyclic) bond motifs is 4. The summed E-state index contributed by atoms with van der Waals surface area (Å²) >= 11 is 0. The van der Waals surface area contributed by atoms with Crippen LogP contribution in [0.25, 0.3) is 77.2 Å². The molecule has 54 heavy (non-hydrogen) atoms. The minimum atomic E-state index is 0.872. The quantitative estimate of drug-likeness (QED) is 0.166. The van der Waals surface area contributed by atoms with Gasteiger partial charge in [0.1, 0.15) is 11.2 Å². The fourth-order valence-electron chi connectivity index (χ4n) is 7.84. The van der Waals surface area contributed by atoms with Crippen molar-refractivity contribution in [3.8, 4) is 44.5 Å². The molecule has 10 rings (SSSR count). The number of furan rings is 1. The van der Waals surface area contributed by atoms with E-state index in [1.54, 1.807) is 0 Å². The van der Waals surface area contributed by atoms with Crippen molar-refractivity contribution in [1.29, 1.82) is 0 Å². The van der Waals surface area contributed by atoms with Gasteiger partial charge >= 0.3 is 0 Å². The molecule has 0 aliphatic rings. The third-order valence-electron chi connectivity index (χ3n) is 10.5. The summed E-state index contributed by atoms with van der Waals surface area (Å²) in [7, 11) is 0. The smallest absolute Gasteiger partial charge is 0.137 e. The zero-order valence-corrected chi connectivity index (χ0v) is 29.6. The molecule has 0 N–H and O–H groups in total. The standard InChI is InChI=1S/C52H35NO/c1-3-12-36(13-4-1)37-24-28-43(29-25-37)53(45-32-33-49-48-20-7-8-23-50(48)54-51(49)35-45)44-30-26-38(27-31-44)41-18-9-19-42(34-41)47-22-11-17-40-16-10-21-46(52(40)47)39-14-5-2-6-15-39/h1-35H. The Balaban J connectivity index is 1.04. The van der Waals surface area contributed by atoms with Crippen LogP contribution in [0.4, 0.5) is 17.1 Å². The van der Waals surface area contributed by atoms with E-state index in [1.807, 2.05) is 12.1 Å². The SMILES string of the molecule is c1ccc(-c2ccc(N(c3ccc(-c4cccc(-c5cccc6cccc(-c7ccccc7)c56)c4)cc3)c3ccc4c(c3)oc3ccccc34)cc2)cc1. The molecule has 0 unspecified atom stereocenters. The van der Waals surface area contributed by atoms with E-state index in [4.69, 9.17) is 4.42 Å². The summed E-state index contributed by atoms with van der Waals surface area (Å²) < 4.78 is 6.35. The Labute approximate surface area is 314 Å². The molecule has 2 nitrogen and oxygen atoms in total. The van der Waals surface area contributed by atoms with E-state index in [-0.39, 0.29) is 0 Å². The topological polar surface area (TPSA) is 16.4 Å². The Morgan fingerprint density at radius 2 is 0.796 bits per heavy atom. The van der Waals surface area contributed by atoms with E-state index in [2.05, 4.69) is 205 Å². The van der Waals surface area contributed by atoms with Gasteiger partial charge in [0.05, 0.1) is 0 Å². The van der Waals surface area contributed by atoms with E-state index in [1.165, 1.54) is 49.7 Å². The van der Waals surface area contributed by atoms with Crippen LogP contribution >= 0.6 is 0 Å². The Morgan fingerprint density at radius 3 is 1.50 bits per heavy atom. The molecular weight excluding hydrogens is 655 g/mol. The minimum Gasteiger partial charge on any atom is -0.456 e. The lowest BCUT2D eigenvalue weighted by Crippen LogP contribution is -2.09. The molecule has 2 heteroatoms. The molecule has 10 aromatic rings. The van der Waals surface area contributed by atoms with Crippen LogP contribution in [0.1, 0.15) is 0 Å². The third-order valence-corrected chi connectivity index (χ3v) is 10.5. The molecule has 1 heterocycles. The molecule has 0 bridgehead atoms. The summed E-state index contributed by atoms with van der Waals surface area (Å²) in [5.74, 6) is 0. The monoisotopic (exact) mass is 689 g/mol. The predicted octanol–water partition coefficient (Wildman–Crippen LogP) is 14.9. The number of nitrogens with zero attached hydrogens (tertiary/aromatic N) is 1. The van der Waals surface area contributed by atoms with E-state index in [0.29, 0.717) is 0 Å². The summed E-state index contributed by atoms with van der Waals surface area (Å²) in [5.41, 5.74) is 14.6. The molecule has 0 saturated carbocycles. The molecular formula is C52H35NO. The Kier molecular flexibility index (Phi) is 7.85. The summed E-state index contributed by atoms with van der Waals surface area (Å²) in [5, 5.41) is 4.76. The van der Waals surface area contributed by atoms with E-state index in [9.17, 15) is 0 Å². The van der Waals surface area contributed by atoms with Gasteiger partial charge in [-0.05, 0) is 104 Å². The van der Waals surface area contributed by atoms with Gasteiger partial charge in [0.2, 0.25) is 0 Å². The van der Waals surface area contributed by atoms with Crippen LogP contribution in [-0.2, 0) is 0 Å². The molecule has 1 aromatic heterocycles. The van der Waals surface area contributed by atoms with Gasteiger partial charge in [-0.3, -0.25) is 0 Å². The number of hydrogen-bond acceptors (Lipinski definition) is 2. The number of hydrogen-bond donors (Lipinski definition) is 0. The molecule has 0 atom stereocenters. The number of rotatable bonds is 7. The molecule has 254 valence electrons. The average molecular weight is 690 g/mol. The molecule has 0 fully saturated rings. The van der Waals surface area contributed by atoms with Gasteiger partial charge in [-0.1, -0.05) is 158 Å². The summed E-state index contributed by atoms with van der Waals surface area (Å²) in [6.45, 7) is 0. The first-order chi connectivity index (χ1) is 26.8. The lowest BCUT2D eigenvalue weighted by atomic mass is 9.90. The maximum absolute atomic E-state index is 6.35. The van der Waals surface area contributed by atoms with Crippen molar-refractivity contribution in [2.75, 3.05) is 4.90 Å². The molecule has 0 amide bonds. The molecule has 0 aliphatic carbocycles. The second-order valence-electron chi connectivity index (χ2n) is 13.7. The van der Waals surface area contributed by atoms with Crippen LogP contribution in [0.5, 0.6) is 0 Å². The van der Waals surface area contributed by atoms with Gasteiger partial charge in [-0.25, -0.2) is 0 Å². The average Bonchev–Trinajstić information content (AvgIpc) is 3.62. The third kappa shape index (κ3) is 5.71. The lowest BCUT2D eigenvalue weighted by molar-refractivity contribution is 0.669. The first kappa shape index (κ1) is 31.6. The summed E-state index contributed by atoms with van der Waals surface area (Å²) in [4.78, 5) is 2.31. The fraction of sp³-hybridized carbons (Fsp3) is 0. The first-order valence-corrected chi connectivity index (χ1v) is 18.4. The normalized spacial score (nSPS) is 11.3. The van der Waals surface area contributed by atoms with Crippen molar-refractivity contribution in [1.82, 2.24) is 0 Å². The Morgan fingerprint density at radius 1 is 0.296 bits per heavy atom. The molecule has 0 spiro atoms. The highest BCUT2D eigenvalue weighted by Gasteiger charge is 2.17. The van der Waals surface area contributed by atoms with Gasteiger partial charge < -0.3 is 9.32 Å². The van der Waals surface area contributed by atoms with Crippen LogP contribution in [-0.4, -0.2) is 0 Å². The maximum Gasteiger partial charge on any atom is 0.137 e. The van der Waals surface area contributed by atoms with Crippen molar-refractivity contribution >= 4 is 49.8 Å². The second kappa shape index (κ2) is 13.4. The first-order valence-electron chi connectivity index (χ1n) is 18.4. The highest BCUT2D eigenvalue weighted by atomic mass is 16.3. The van der Waals surface area contributed by atoms with Crippen molar-refractivity contribution in [2.24, 2.45) is 0 Å². The zero-order chi connectivity index (χ0) is 35.8. The van der Waals surface area contributed by atoms with Crippen LogP contribution in [0.15, 0.2) is 217 Å². The highest BCUT2D eigenvalue weighted by Crippen LogP contribution is 2.41. The van der Waals surface area contributed by atoms with Crippen molar-refractivity contribution < 1.29 is 4.42 Å². The van der Waals surface area contributed by atoms with Crippen LogP contribution in [0.3, 0.4) is 0 Å². The van der Waals surface area contributed by atoms with E-state index < -0.39 is 0 Å². The molecule has 0 aliphatic heterocycles. The molecule has 9 aromatic carbocycles. The lowest BCUT2D eigenvalue weighted by Gasteiger charge is -2.26. The van der Waals surface area contributed by atoms with Gasteiger partial charge in [0.25, 0.3) is 0 Å². The number of para-hydroxylation sites is 1. The van der Waals surface area contributed by atoms with Gasteiger partial charge in [-0.2, -0.15) is 0 Å². The van der Waals surface area contributed by atoms with Gasteiger partial charge in [0, 0.05) is 33.9 Å². The summed E-state index contributed by atoms with van der Waals surface area (Å²) in [6, 6.07) is 75.8. The largest absolute Gasteiger partial charge is 0.456 e. The van der Waals surface area contributed by atoms with Crippen LogP contribution in [0.2, 0.25) is 0 Å². The fourth-order valence-corrected chi connectivity index (χ4v) is 7.84. The highest BCUT2D eigenvalue weighted by molar-refractivity contribution is 6.07. The minimum absolute atomic E-state index is 0.872. The van der Waals surface area contributed by atoms with Crippen molar-refractivity contribution in [2.45, 2.75) is 0 Å². The van der Waals surface area contributed by atoms with Crippen molar-refractivity contribution in [3.63, 3.8) is 0 Å².